The lowest BCUT2D eigenvalue weighted by Crippen LogP contribution is -2.47. The molecular formula is C16H21N5O3. The molecule has 3 heterocycles. The van der Waals surface area contributed by atoms with Crippen LogP contribution in [0.15, 0.2) is 22.9 Å². The fraction of sp³-hybridized carbons (Fsp3) is 0.500. The van der Waals surface area contributed by atoms with E-state index in [9.17, 15) is 4.79 Å². The summed E-state index contributed by atoms with van der Waals surface area (Å²) in [5, 5.41) is 6.99. The minimum Gasteiger partial charge on any atom is -0.480 e. The van der Waals surface area contributed by atoms with Gasteiger partial charge in [-0.3, -0.25) is 9.69 Å². The first-order valence-corrected chi connectivity index (χ1v) is 7.97. The van der Waals surface area contributed by atoms with E-state index in [0.29, 0.717) is 29.7 Å². The molecule has 0 aromatic carbocycles. The van der Waals surface area contributed by atoms with Crippen LogP contribution in [0, 0.1) is 6.92 Å². The van der Waals surface area contributed by atoms with Gasteiger partial charge in [0, 0.05) is 25.7 Å². The fourth-order valence-corrected chi connectivity index (χ4v) is 2.91. The molecule has 2 aromatic heterocycles. The highest BCUT2D eigenvalue weighted by Gasteiger charge is 2.24. The number of piperidine rings is 1. The smallest absolute Gasteiger partial charge is 0.257 e. The molecule has 8 nitrogen and oxygen atoms in total. The zero-order valence-corrected chi connectivity index (χ0v) is 13.9. The van der Waals surface area contributed by atoms with Crippen LogP contribution in [0.3, 0.4) is 0 Å². The molecule has 1 aliphatic heterocycles. The number of amides is 1. The van der Waals surface area contributed by atoms with Crippen molar-refractivity contribution in [2.75, 3.05) is 20.2 Å². The zero-order valence-electron chi connectivity index (χ0n) is 13.9. The van der Waals surface area contributed by atoms with E-state index in [-0.39, 0.29) is 11.9 Å². The van der Waals surface area contributed by atoms with E-state index in [0.717, 1.165) is 25.9 Å². The van der Waals surface area contributed by atoms with Crippen molar-refractivity contribution in [3.05, 3.63) is 35.6 Å². The molecule has 8 heteroatoms. The highest BCUT2D eigenvalue weighted by molar-refractivity contribution is 5.96. The van der Waals surface area contributed by atoms with E-state index in [1.165, 1.54) is 7.11 Å². The Kier molecular flexibility index (Phi) is 5.05. The maximum Gasteiger partial charge on any atom is 0.257 e. The quantitative estimate of drug-likeness (QED) is 0.879. The number of aryl methyl sites for hydroxylation is 1. The molecule has 1 atom stereocenters. The lowest BCUT2D eigenvalue weighted by molar-refractivity contribution is 0.0895. The number of nitrogens with zero attached hydrogens (tertiary/aromatic N) is 4. The number of rotatable bonds is 5. The van der Waals surface area contributed by atoms with Crippen LogP contribution in [0.1, 0.15) is 34.9 Å². The van der Waals surface area contributed by atoms with Gasteiger partial charge in [-0.15, -0.1) is 0 Å². The minimum absolute atomic E-state index is 0.0733. The molecule has 0 bridgehead atoms. The van der Waals surface area contributed by atoms with E-state index in [1.54, 1.807) is 25.3 Å². The van der Waals surface area contributed by atoms with E-state index in [1.807, 2.05) is 0 Å². The van der Waals surface area contributed by atoms with Crippen molar-refractivity contribution in [2.24, 2.45) is 0 Å². The number of aromatic nitrogens is 3. The van der Waals surface area contributed by atoms with Gasteiger partial charge in [0.15, 0.2) is 5.82 Å². The van der Waals surface area contributed by atoms with Gasteiger partial charge in [-0.05, 0) is 31.5 Å². The molecule has 0 radical (unpaired) electrons. The second-order valence-electron chi connectivity index (χ2n) is 5.84. The van der Waals surface area contributed by atoms with Crippen LogP contribution in [0.25, 0.3) is 0 Å². The Morgan fingerprint density at radius 1 is 1.54 bits per heavy atom. The summed E-state index contributed by atoms with van der Waals surface area (Å²) in [7, 11) is 1.51. The Hall–Kier alpha value is -2.48. The highest BCUT2D eigenvalue weighted by Crippen LogP contribution is 2.16. The van der Waals surface area contributed by atoms with Crippen LogP contribution in [-0.2, 0) is 6.54 Å². The van der Waals surface area contributed by atoms with Gasteiger partial charge in [0.25, 0.3) is 5.91 Å². The van der Waals surface area contributed by atoms with Gasteiger partial charge in [-0.2, -0.15) is 4.98 Å². The molecule has 0 spiro atoms. The molecule has 1 aliphatic rings. The van der Waals surface area contributed by atoms with Gasteiger partial charge in [0.1, 0.15) is 5.56 Å². The summed E-state index contributed by atoms with van der Waals surface area (Å²) in [6.45, 7) is 4.11. The van der Waals surface area contributed by atoms with E-state index in [4.69, 9.17) is 9.26 Å². The zero-order chi connectivity index (χ0) is 16.9. The maximum atomic E-state index is 12.5. The molecule has 1 unspecified atom stereocenters. The number of carbonyl (C=O) groups is 1. The second-order valence-corrected chi connectivity index (χ2v) is 5.84. The van der Waals surface area contributed by atoms with Gasteiger partial charge in [0.2, 0.25) is 11.8 Å². The number of carbonyl (C=O) groups excluding carboxylic acids is 1. The summed E-state index contributed by atoms with van der Waals surface area (Å²) in [6.07, 6.45) is 3.55. The number of pyridine rings is 1. The standard InChI is InChI=1S/C16H21N5O3/c1-11-18-14(20-24-11)10-21-8-4-5-12(9-21)19-15(22)13-6-3-7-17-16(13)23-2/h3,6-7,12H,4-5,8-10H2,1-2H3,(H,19,22). The van der Waals surface area contributed by atoms with Crippen molar-refractivity contribution in [2.45, 2.75) is 32.4 Å². The fourth-order valence-electron chi connectivity index (χ4n) is 2.91. The molecule has 128 valence electrons. The van der Waals surface area contributed by atoms with Gasteiger partial charge in [-0.1, -0.05) is 5.16 Å². The molecule has 1 saturated heterocycles. The number of hydrogen-bond acceptors (Lipinski definition) is 7. The number of ether oxygens (including phenoxy) is 1. The first kappa shape index (κ1) is 16.4. The monoisotopic (exact) mass is 331 g/mol. The second kappa shape index (κ2) is 7.39. The number of hydrogen-bond donors (Lipinski definition) is 1. The Morgan fingerprint density at radius 2 is 2.42 bits per heavy atom. The van der Waals surface area contributed by atoms with E-state index in [2.05, 4.69) is 25.3 Å². The van der Waals surface area contributed by atoms with Gasteiger partial charge < -0.3 is 14.6 Å². The molecule has 2 aromatic rings. The topological polar surface area (TPSA) is 93.4 Å². The molecule has 24 heavy (non-hydrogen) atoms. The van der Waals surface area contributed by atoms with Crippen LogP contribution >= 0.6 is 0 Å². The normalized spacial score (nSPS) is 18.3. The largest absolute Gasteiger partial charge is 0.480 e. The average molecular weight is 331 g/mol. The molecule has 0 saturated carbocycles. The molecule has 3 rings (SSSR count). The third-order valence-electron chi connectivity index (χ3n) is 3.98. The van der Waals surface area contributed by atoms with Gasteiger partial charge in [-0.25, -0.2) is 4.98 Å². The summed E-state index contributed by atoms with van der Waals surface area (Å²) in [4.78, 5) is 23.0. The van der Waals surface area contributed by atoms with Crippen LogP contribution in [0.4, 0.5) is 0 Å². The lowest BCUT2D eigenvalue weighted by Gasteiger charge is -2.32. The number of methoxy groups -OCH3 is 1. The van der Waals surface area contributed by atoms with E-state index >= 15 is 0 Å². The third-order valence-corrected chi connectivity index (χ3v) is 3.98. The van der Waals surface area contributed by atoms with E-state index < -0.39 is 0 Å². The summed E-state index contributed by atoms with van der Waals surface area (Å²) in [6, 6.07) is 3.51. The minimum atomic E-state index is -0.165. The van der Waals surface area contributed by atoms with Crippen molar-refractivity contribution in [1.82, 2.24) is 25.3 Å². The summed E-state index contributed by atoms with van der Waals surface area (Å²) in [5.74, 6) is 1.41. The molecular weight excluding hydrogens is 310 g/mol. The molecule has 1 N–H and O–H groups in total. The first-order chi connectivity index (χ1) is 11.7. The van der Waals surface area contributed by atoms with Crippen LogP contribution in [0.2, 0.25) is 0 Å². The Bertz CT molecular complexity index is 703. The van der Waals surface area contributed by atoms with Crippen molar-refractivity contribution in [3.8, 4) is 5.88 Å². The Labute approximate surface area is 140 Å². The Morgan fingerprint density at radius 3 is 3.17 bits per heavy atom. The lowest BCUT2D eigenvalue weighted by atomic mass is 10.1. The number of nitrogens with one attached hydrogen (secondary N) is 1. The van der Waals surface area contributed by atoms with Crippen molar-refractivity contribution < 1.29 is 14.1 Å². The number of likely N-dealkylation sites (tertiary alicyclic amines) is 1. The molecule has 1 amide bonds. The molecule has 1 fully saturated rings. The van der Waals surface area contributed by atoms with Crippen molar-refractivity contribution >= 4 is 5.91 Å². The summed E-state index contributed by atoms with van der Waals surface area (Å²) < 4.78 is 10.2. The highest BCUT2D eigenvalue weighted by atomic mass is 16.5. The van der Waals surface area contributed by atoms with Crippen LogP contribution in [-0.4, -0.2) is 52.2 Å². The van der Waals surface area contributed by atoms with Crippen LogP contribution in [0.5, 0.6) is 5.88 Å². The molecule has 0 aliphatic carbocycles. The predicted octanol–water partition coefficient (Wildman–Crippen LogP) is 1.18. The maximum absolute atomic E-state index is 12.5. The predicted molar refractivity (Wildman–Crippen MR) is 85.6 cm³/mol. The average Bonchev–Trinajstić information content (AvgIpc) is 3.00. The summed E-state index contributed by atoms with van der Waals surface area (Å²) >= 11 is 0. The summed E-state index contributed by atoms with van der Waals surface area (Å²) in [5.41, 5.74) is 0.450. The first-order valence-electron chi connectivity index (χ1n) is 7.97. The third kappa shape index (κ3) is 3.88. The van der Waals surface area contributed by atoms with Gasteiger partial charge >= 0.3 is 0 Å². The van der Waals surface area contributed by atoms with Crippen molar-refractivity contribution in [1.29, 1.82) is 0 Å². The van der Waals surface area contributed by atoms with Gasteiger partial charge in [0.05, 0.1) is 13.7 Å². The SMILES string of the molecule is COc1ncccc1C(=O)NC1CCCN(Cc2noc(C)n2)C1. The Balaban J connectivity index is 1.59. The van der Waals surface area contributed by atoms with Crippen molar-refractivity contribution in [3.63, 3.8) is 0 Å². The van der Waals surface area contributed by atoms with Crippen LogP contribution < -0.4 is 10.1 Å².